The lowest BCUT2D eigenvalue weighted by Crippen LogP contribution is -2.02. The molecule has 0 aliphatic heterocycles. The molecule has 0 N–H and O–H groups in total. The maximum atomic E-state index is 4.47. The Kier molecular flexibility index (Phi) is 31.1. The van der Waals surface area contributed by atoms with Crippen molar-refractivity contribution in [2.24, 2.45) is 11.8 Å². The Bertz CT molecular complexity index is 433. The summed E-state index contributed by atoms with van der Waals surface area (Å²) in [6.07, 6.45) is 43.0. The van der Waals surface area contributed by atoms with Crippen LogP contribution in [0, 0.1) is 11.8 Å². The fourth-order valence-corrected chi connectivity index (χ4v) is 6.26. The van der Waals surface area contributed by atoms with E-state index in [1.807, 2.05) is 0 Å². The smallest absolute Gasteiger partial charge is 0.0323 e. The van der Waals surface area contributed by atoms with Crippen molar-refractivity contribution >= 4 is 0 Å². The maximum absolute atomic E-state index is 4.47. The van der Waals surface area contributed by atoms with Crippen LogP contribution in [0.5, 0.6) is 0 Å². The normalized spacial score (nSPS) is 12.4. The Morgan fingerprint density at radius 3 is 1.16 bits per heavy atom. The van der Waals surface area contributed by atoms with E-state index in [-0.39, 0.29) is 0 Å². The Hall–Kier alpha value is -0.260. The third kappa shape index (κ3) is 28.7. The molecule has 0 nitrogen and oxygen atoms in total. The van der Waals surface area contributed by atoms with Crippen LogP contribution in [0.25, 0.3) is 0 Å². The SMILES string of the molecule is C=C(CCCCCC(C)CCCCCCCCC)CCCC(CCCCCCCC)CCCCCCCC. The summed E-state index contributed by atoms with van der Waals surface area (Å²) in [7, 11) is 0. The van der Waals surface area contributed by atoms with Crippen LogP contribution in [0.4, 0.5) is 0 Å². The van der Waals surface area contributed by atoms with E-state index in [4.69, 9.17) is 0 Å². The van der Waals surface area contributed by atoms with Crippen molar-refractivity contribution in [2.75, 3.05) is 0 Å². The van der Waals surface area contributed by atoms with Gasteiger partial charge in [0, 0.05) is 0 Å². The predicted molar refractivity (Wildman–Crippen MR) is 177 cm³/mol. The summed E-state index contributed by atoms with van der Waals surface area (Å²) in [4.78, 5) is 0. The molecule has 0 aromatic heterocycles. The van der Waals surface area contributed by atoms with Gasteiger partial charge in [0.2, 0.25) is 0 Å². The second kappa shape index (κ2) is 31.3. The lowest BCUT2D eigenvalue weighted by Gasteiger charge is -2.17. The minimum absolute atomic E-state index is 0.934. The molecule has 0 saturated heterocycles. The van der Waals surface area contributed by atoms with Gasteiger partial charge in [0.1, 0.15) is 0 Å². The molecule has 0 rings (SSSR count). The molecular formula is C38H76. The van der Waals surface area contributed by atoms with Gasteiger partial charge in [-0.25, -0.2) is 0 Å². The highest BCUT2D eigenvalue weighted by molar-refractivity contribution is 4.93. The zero-order valence-electron chi connectivity index (χ0n) is 27.6. The van der Waals surface area contributed by atoms with Crippen molar-refractivity contribution in [3.05, 3.63) is 12.2 Å². The van der Waals surface area contributed by atoms with Crippen LogP contribution >= 0.6 is 0 Å². The van der Waals surface area contributed by atoms with Crippen LogP contribution in [0.3, 0.4) is 0 Å². The van der Waals surface area contributed by atoms with E-state index >= 15 is 0 Å². The molecule has 1 atom stereocenters. The maximum Gasteiger partial charge on any atom is -0.0323 e. The number of unbranched alkanes of at least 4 members (excludes halogenated alkanes) is 18. The molecule has 0 saturated carbocycles. The van der Waals surface area contributed by atoms with E-state index in [0.29, 0.717) is 0 Å². The fraction of sp³-hybridized carbons (Fsp3) is 0.947. The molecule has 0 fully saturated rings. The molecule has 1 unspecified atom stereocenters. The summed E-state index contributed by atoms with van der Waals surface area (Å²) < 4.78 is 0. The fourth-order valence-electron chi connectivity index (χ4n) is 6.26. The number of hydrogen-bond acceptors (Lipinski definition) is 0. The highest BCUT2D eigenvalue weighted by atomic mass is 14.2. The Labute approximate surface area is 244 Å². The van der Waals surface area contributed by atoms with Crippen molar-refractivity contribution in [1.29, 1.82) is 0 Å². The molecule has 0 heterocycles. The summed E-state index contributed by atoms with van der Waals surface area (Å²) in [5.41, 5.74) is 1.54. The van der Waals surface area contributed by atoms with Gasteiger partial charge in [-0.15, -0.1) is 0 Å². The average Bonchev–Trinajstić information content (AvgIpc) is 2.91. The van der Waals surface area contributed by atoms with E-state index in [1.165, 1.54) is 193 Å². The molecule has 0 bridgehead atoms. The van der Waals surface area contributed by atoms with Crippen LogP contribution < -0.4 is 0 Å². The third-order valence-electron chi connectivity index (χ3n) is 9.10. The van der Waals surface area contributed by atoms with E-state index in [1.54, 1.807) is 5.57 Å². The Morgan fingerprint density at radius 1 is 0.395 bits per heavy atom. The third-order valence-corrected chi connectivity index (χ3v) is 9.10. The summed E-state index contributed by atoms with van der Waals surface area (Å²) in [6, 6.07) is 0. The topological polar surface area (TPSA) is 0 Å². The first-order valence-corrected chi connectivity index (χ1v) is 18.3. The van der Waals surface area contributed by atoms with Crippen LogP contribution in [0.15, 0.2) is 12.2 Å². The minimum atomic E-state index is 0.934. The number of allylic oxidation sites excluding steroid dienone is 1. The van der Waals surface area contributed by atoms with Gasteiger partial charge in [-0.2, -0.15) is 0 Å². The molecular weight excluding hydrogens is 456 g/mol. The second-order valence-electron chi connectivity index (χ2n) is 13.2. The van der Waals surface area contributed by atoms with Gasteiger partial charge in [0.25, 0.3) is 0 Å². The Morgan fingerprint density at radius 2 is 0.711 bits per heavy atom. The summed E-state index contributed by atoms with van der Waals surface area (Å²) >= 11 is 0. The Balaban J connectivity index is 3.87. The van der Waals surface area contributed by atoms with E-state index in [0.717, 1.165) is 11.8 Å². The van der Waals surface area contributed by atoms with Crippen molar-refractivity contribution in [2.45, 2.75) is 220 Å². The molecule has 0 heteroatoms. The van der Waals surface area contributed by atoms with Gasteiger partial charge in [-0.05, 0) is 37.5 Å². The van der Waals surface area contributed by atoms with Crippen LogP contribution in [-0.4, -0.2) is 0 Å². The molecule has 0 radical (unpaired) electrons. The van der Waals surface area contributed by atoms with Crippen molar-refractivity contribution in [3.63, 3.8) is 0 Å². The monoisotopic (exact) mass is 533 g/mol. The molecule has 0 aromatic rings. The van der Waals surface area contributed by atoms with Crippen molar-refractivity contribution in [3.8, 4) is 0 Å². The van der Waals surface area contributed by atoms with E-state index in [2.05, 4.69) is 34.3 Å². The quantitative estimate of drug-likeness (QED) is 0.0596. The first kappa shape index (κ1) is 37.7. The summed E-state index contributed by atoms with van der Waals surface area (Å²) in [5, 5.41) is 0. The van der Waals surface area contributed by atoms with E-state index in [9.17, 15) is 0 Å². The van der Waals surface area contributed by atoms with Crippen LogP contribution in [0.2, 0.25) is 0 Å². The first-order valence-electron chi connectivity index (χ1n) is 18.3. The van der Waals surface area contributed by atoms with Gasteiger partial charge >= 0.3 is 0 Å². The number of rotatable bonds is 32. The standard InChI is InChI=1S/C38H76/c1-6-9-12-15-18-19-23-29-36(4)30-24-22-25-31-37(5)32-28-35-38(33-26-20-16-13-10-7-2)34-27-21-17-14-11-8-3/h36,38H,5-35H2,1-4H3. The summed E-state index contributed by atoms with van der Waals surface area (Å²) in [5.74, 6) is 1.92. The molecule has 0 amide bonds. The lowest BCUT2D eigenvalue weighted by molar-refractivity contribution is 0.371. The largest absolute Gasteiger partial charge is 0.0999 e. The molecule has 38 heavy (non-hydrogen) atoms. The van der Waals surface area contributed by atoms with E-state index < -0.39 is 0 Å². The molecule has 228 valence electrons. The molecule has 0 spiro atoms. The lowest BCUT2D eigenvalue weighted by atomic mass is 9.89. The van der Waals surface area contributed by atoms with Crippen LogP contribution in [-0.2, 0) is 0 Å². The van der Waals surface area contributed by atoms with Gasteiger partial charge in [0.05, 0.1) is 0 Å². The molecule has 0 aromatic carbocycles. The zero-order valence-corrected chi connectivity index (χ0v) is 27.6. The van der Waals surface area contributed by atoms with Gasteiger partial charge in [0.15, 0.2) is 0 Å². The zero-order chi connectivity index (χ0) is 27.9. The van der Waals surface area contributed by atoms with Gasteiger partial charge in [-0.3, -0.25) is 0 Å². The highest BCUT2D eigenvalue weighted by Gasteiger charge is 2.09. The molecule has 0 aliphatic carbocycles. The highest BCUT2D eigenvalue weighted by Crippen LogP contribution is 2.26. The average molecular weight is 533 g/mol. The molecule has 0 aliphatic rings. The number of hydrogen-bond donors (Lipinski definition) is 0. The van der Waals surface area contributed by atoms with Crippen LogP contribution in [0.1, 0.15) is 220 Å². The van der Waals surface area contributed by atoms with Crippen molar-refractivity contribution < 1.29 is 0 Å². The van der Waals surface area contributed by atoms with Gasteiger partial charge < -0.3 is 0 Å². The summed E-state index contributed by atoms with van der Waals surface area (Å²) in [6.45, 7) is 13.9. The van der Waals surface area contributed by atoms with Crippen molar-refractivity contribution in [1.82, 2.24) is 0 Å². The van der Waals surface area contributed by atoms with Gasteiger partial charge in [-0.1, -0.05) is 207 Å². The predicted octanol–water partition coefficient (Wildman–Crippen LogP) is 14.6. The second-order valence-corrected chi connectivity index (χ2v) is 13.2. The minimum Gasteiger partial charge on any atom is -0.0999 e. The first-order chi connectivity index (χ1) is 18.6.